The predicted octanol–water partition coefficient (Wildman–Crippen LogP) is 2.67. The average molecular weight is 439 g/mol. The molecule has 0 fully saturated rings. The molecule has 1 amide bonds. The van der Waals surface area contributed by atoms with E-state index in [1.54, 1.807) is 31.4 Å². The van der Waals surface area contributed by atoms with Gasteiger partial charge in [0.1, 0.15) is 12.1 Å². The summed E-state index contributed by atoms with van der Waals surface area (Å²) in [5, 5.41) is 25.3. The highest BCUT2D eigenvalue weighted by Gasteiger charge is 2.23. The van der Waals surface area contributed by atoms with Gasteiger partial charge >= 0.3 is 5.69 Å². The number of carbonyl (C=O) groups is 1. The van der Waals surface area contributed by atoms with Crippen LogP contribution in [0.2, 0.25) is 0 Å². The summed E-state index contributed by atoms with van der Waals surface area (Å²) in [6.07, 6.45) is 1.09. The van der Waals surface area contributed by atoms with Gasteiger partial charge in [0.05, 0.1) is 17.0 Å². The third-order valence-electron chi connectivity index (χ3n) is 4.24. The summed E-state index contributed by atoms with van der Waals surface area (Å²) in [4.78, 5) is 41.1. The summed E-state index contributed by atoms with van der Waals surface area (Å²) in [6, 6.07) is 12.1. The van der Waals surface area contributed by atoms with Gasteiger partial charge in [0.2, 0.25) is 11.6 Å². The van der Waals surface area contributed by atoms with Crippen LogP contribution in [0.4, 0.5) is 23.0 Å². The number of aromatic nitrogens is 2. The van der Waals surface area contributed by atoms with Gasteiger partial charge in [-0.2, -0.15) is 0 Å². The summed E-state index contributed by atoms with van der Waals surface area (Å²) < 4.78 is 5.09. The Hall–Kier alpha value is -4.81. The standard InChI is InChI=1S/C19H17N7O6/c1-32-15-7-5-12(6-8-15)10-20-17-16(26(30)31)18(22-11-21-17)23-24-19(27)13-3-2-4-14(9-13)25(28)29/h2-9,11H,10H2,1H3,(H,24,27)(H2,20,21,22,23). The molecule has 164 valence electrons. The van der Waals surface area contributed by atoms with Gasteiger partial charge in [-0.05, 0) is 23.8 Å². The first-order chi connectivity index (χ1) is 15.4. The number of anilines is 2. The second-order valence-electron chi connectivity index (χ2n) is 6.26. The second kappa shape index (κ2) is 9.80. The molecule has 2 aromatic carbocycles. The SMILES string of the molecule is COc1ccc(CNc2ncnc(NNC(=O)c3cccc([N+](=O)[O-])c3)c2[N+](=O)[O-])cc1. The number of hydrazine groups is 1. The number of rotatable bonds is 9. The van der Waals surface area contributed by atoms with Crippen molar-refractivity contribution in [2.45, 2.75) is 6.54 Å². The Balaban J connectivity index is 1.74. The van der Waals surface area contributed by atoms with Gasteiger partial charge < -0.3 is 10.1 Å². The van der Waals surface area contributed by atoms with Gasteiger partial charge in [-0.15, -0.1) is 0 Å². The molecular formula is C19H17N7O6. The van der Waals surface area contributed by atoms with Crippen LogP contribution in [-0.2, 0) is 6.54 Å². The maximum absolute atomic E-state index is 12.3. The number of nitrogens with zero attached hydrogens (tertiary/aromatic N) is 4. The van der Waals surface area contributed by atoms with Crippen LogP contribution in [0.5, 0.6) is 5.75 Å². The van der Waals surface area contributed by atoms with Crippen molar-refractivity contribution < 1.29 is 19.4 Å². The van der Waals surface area contributed by atoms with Gasteiger partial charge in [0, 0.05) is 24.2 Å². The van der Waals surface area contributed by atoms with Crippen LogP contribution in [0.1, 0.15) is 15.9 Å². The molecule has 0 aliphatic rings. The zero-order chi connectivity index (χ0) is 23.1. The molecule has 0 spiro atoms. The molecule has 3 aromatic rings. The van der Waals surface area contributed by atoms with E-state index in [4.69, 9.17) is 4.74 Å². The van der Waals surface area contributed by atoms with Crippen LogP contribution < -0.4 is 20.9 Å². The molecule has 32 heavy (non-hydrogen) atoms. The lowest BCUT2D eigenvalue weighted by Gasteiger charge is -2.11. The van der Waals surface area contributed by atoms with Crippen LogP contribution in [0, 0.1) is 20.2 Å². The van der Waals surface area contributed by atoms with Crippen molar-refractivity contribution >= 4 is 28.9 Å². The molecule has 3 N–H and O–H groups in total. The first kappa shape index (κ1) is 21.9. The molecule has 0 bridgehead atoms. The lowest BCUT2D eigenvalue weighted by atomic mass is 10.2. The van der Waals surface area contributed by atoms with Crippen LogP contribution in [0.3, 0.4) is 0 Å². The van der Waals surface area contributed by atoms with Crippen molar-refractivity contribution in [2.75, 3.05) is 17.9 Å². The number of methoxy groups -OCH3 is 1. The first-order valence-electron chi connectivity index (χ1n) is 9.06. The number of amides is 1. The topological polar surface area (TPSA) is 174 Å². The number of non-ortho nitro benzene ring substituents is 1. The number of hydrogen-bond acceptors (Lipinski definition) is 10. The first-order valence-corrected chi connectivity index (χ1v) is 9.06. The fourth-order valence-electron chi connectivity index (χ4n) is 2.65. The molecule has 0 saturated heterocycles. The molecule has 3 rings (SSSR count). The number of nitrogens with one attached hydrogen (secondary N) is 3. The van der Waals surface area contributed by atoms with E-state index in [1.165, 1.54) is 18.2 Å². The molecule has 0 atom stereocenters. The van der Waals surface area contributed by atoms with Crippen molar-refractivity contribution in [1.29, 1.82) is 0 Å². The summed E-state index contributed by atoms with van der Waals surface area (Å²) in [6.45, 7) is 0.237. The molecule has 0 aliphatic heterocycles. The molecule has 0 radical (unpaired) electrons. The van der Waals surface area contributed by atoms with E-state index in [2.05, 4.69) is 26.1 Å². The van der Waals surface area contributed by atoms with Crippen molar-refractivity contribution in [3.8, 4) is 5.75 Å². The molecular weight excluding hydrogens is 422 g/mol. The summed E-state index contributed by atoms with van der Waals surface area (Å²) in [7, 11) is 1.55. The molecule has 0 unspecified atom stereocenters. The minimum absolute atomic E-state index is 0.0127. The van der Waals surface area contributed by atoms with Crippen LogP contribution in [0.15, 0.2) is 54.9 Å². The quantitative estimate of drug-likeness (QED) is 0.332. The van der Waals surface area contributed by atoms with Gasteiger partial charge in [-0.1, -0.05) is 18.2 Å². The highest BCUT2D eigenvalue weighted by molar-refractivity contribution is 5.95. The number of carbonyl (C=O) groups excluding carboxylic acids is 1. The maximum atomic E-state index is 12.3. The van der Waals surface area contributed by atoms with E-state index < -0.39 is 21.4 Å². The molecule has 1 heterocycles. The summed E-state index contributed by atoms with van der Waals surface area (Å²) in [5.74, 6) is -0.393. The van der Waals surface area contributed by atoms with Crippen LogP contribution in [0.25, 0.3) is 0 Å². The minimum atomic E-state index is -0.741. The fraction of sp³-hybridized carbons (Fsp3) is 0.105. The van der Waals surface area contributed by atoms with E-state index in [0.29, 0.717) is 5.75 Å². The number of ether oxygens (including phenoxy) is 1. The summed E-state index contributed by atoms with van der Waals surface area (Å²) >= 11 is 0. The van der Waals surface area contributed by atoms with E-state index in [0.717, 1.165) is 18.0 Å². The Kier molecular flexibility index (Phi) is 6.70. The van der Waals surface area contributed by atoms with Gasteiger partial charge in [0.15, 0.2) is 0 Å². The zero-order valence-corrected chi connectivity index (χ0v) is 16.6. The number of hydrogen-bond donors (Lipinski definition) is 3. The van der Waals surface area contributed by atoms with E-state index in [9.17, 15) is 25.0 Å². The lowest BCUT2D eigenvalue weighted by Crippen LogP contribution is -2.30. The predicted molar refractivity (Wildman–Crippen MR) is 113 cm³/mol. The minimum Gasteiger partial charge on any atom is -0.497 e. The largest absolute Gasteiger partial charge is 0.497 e. The van der Waals surface area contributed by atoms with E-state index >= 15 is 0 Å². The number of nitro benzene ring substituents is 1. The molecule has 13 heteroatoms. The van der Waals surface area contributed by atoms with Crippen molar-refractivity contribution in [1.82, 2.24) is 15.4 Å². The Bertz CT molecular complexity index is 1150. The Morgan fingerprint density at radius 1 is 1.03 bits per heavy atom. The smallest absolute Gasteiger partial charge is 0.354 e. The molecule has 0 aliphatic carbocycles. The average Bonchev–Trinajstić information content (AvgIpc) is 2.81. The third-order valence-corrected chi connectivity index (χ3v) is 4.24. The van der Waals surface area contributed by atoms with Gasteiger partial charge in [0.25, 0.3) is 11.6 Å². The molecule has 0 saturated carbocycles. The fourth-order valence-corrected chi connectivity index (χ4v) is 2.65. The van der Waals surface area contributed by atoms with Gasteiger partial charge in [-0.3, -0.25) is 35.9 Å². The molecule has 1 aromatic heterocycles. The monoisotopic (exact) mass is 439 g/mol. The van der Waals surface area contributed by atoms with Crippen molar-refractivity contribution in [2.24, 2.45) is 0 Å². The highest BCUT2D eigenvalue weighted by Crippen LogP contribution is 2.29. The zero-order valence-electron chi connectivity index (χ0n) is 16.6. The Morgan fingerprint density at radius 2 is 1.75 bits per heavy atom. The van der Waals surface area contributed by atoms with Crippen molar-refractivity contribution in [3.05, 3.63) is 86.2 Å². The second-order valence-corrected chi connectivity index (χ2v) is 6.26. The molecule has 13 nitrogen and oxygen atoms in total. The Labute approximate surface area is 180 Å². The normalized spacial score (nSPS) is 10.2. The van der Waals surface area contributed by atoms with E-state index in [1.807, 2.05) is 0 Å². The van der Waals surface area contributed by atoms with Crippen LogP contribution in [-0.4, -0.2) is 32.8 Å². The van der Waals surface area contributed by atoms with E-state index in [-0.39, 0.29) is 29.4 Å². The van der Waals surface area contributed by atoms with Crippen molar-refractivity contribution in [3.63, 3.8) is 0 Å². The lowest BCUT2D eigenvalue weighted by molar-refractivity contribution is -0.384. The number of benzene rings is 2. The number of nitro groups is 2. The third kappa shape index (κ3) is 5.21. The van der Waals surface area contributed by atoms with Gasteiger partial charge in [-0.25, -0.2) is 9.97 Å². The Morgan fingerprint density at radius 3 is 2.41 bits per heavy atom. The summed E-state index contributed by atoms with van der Waals surface area (Å²) in [5.41, 5.74) is 4.68. The van der Waals surface area contributed by atoms with Crippen LogP contribution >= 0.6 is 0 Å². The highest BCUT2D eigenvalue weighted by atomic mass is 16.6. The maximum Gasteiger partial charge on any atom is 0.354 e.